The van der Waals surface area contributed by atoms with Gasteiger partial charge in [0.25, 0.3) is 5.91 Å². The number of phenolic OH excluding ortho intramolecular Hbond substituents is 1. The zero-order chi connectivity index (χ0) is 21.4. The van der Waals surface area contributed by atoms with Crippen molar-refractivity contribution in [1.82, 2.24) is 5.32 Å². The van der Waals surface area contributed by atoms with Crippen LogP contribution in [0.15, 0.2) is 63.8 Å². The van der Waals surface area contributed by atoms with E-state index < -0.39 is 5.97 Å². The third-order valence-corrected chi connectivity index (χ3v) is 4.80. The van der Waals surface area contributed by atoms with Crippen LogP contribution in [0.4, 0.5) is 0 Å². The molecule has 2 aromatic carbocycles. The van der Waals surface area contributed by atoms with Crippen LogP contribution < -0.4 is 10.7 Å². The molecule has 0 radical (unpaired) electrons. The molecule has 1 aliphatic carbocycles. The van der Waals surface area contributed by atoms with Crippen molar-refractivity contribution in [1.29, 1.82) is 0 Å². The van der Waals surface area contributed by atoms with Crippen LogP contribution in [-0.2, 0) is 0 Å². The van der Waals surface area contributed by atoms with Crippen molar-refractivity contribution in [2.24, 2.45) is 0 Å². The maximum Gasteiger partial charge on any atom is 0.336 e. The topological polar surface area (TPSA) is 117 Å². The second-order valence-electron chi connectivity index (χ2n) is 6.74. The lowest BCUT2D eigenvalue weighted by Gasteiger charge is -2.17. The minimum Gasteiger partial charge on any atom is -0.508 e. The number of nitrogens with one attached hydrogen (secondary N) is 1. The van der Waals surface area contributed by atoms with Crippen molar-refractivity contribution < 1.29 is 24.2 Å². The van der Waals surface area contributed by atoms with Crippen molar-refractivity contribution in [2.75, 3.05) is 6.54 Å². The van der Waals surface area contributed by atoms with Crippen LogP contribution in [0, 0.1) is 0 Å². The lowest BCUT2D eigenvalue weighted by atomic mass is 9.89. The van der Waals surface area contributed by atoms with Gasteiger partial charge in [0.05, 0.1) is 5.56 Å². The minimum absolute atomic E-state index is 0.00359. The summed E-state index contributed by atoms with van der Waals surface area (Å²) in [6.07, 6.45) is 0. The van der Waals surface area contributed by atoms with Gasteiger partial charge in [-0.3, -0.25) is 9.59 Å². The fraction of sp³-hybridized carbons (Fsp3) is 0.0870. The summed E-state index contributed by atoms with van der Waals surface area (Å²) in [6, 6.07) is 13.0. The van der Waals surface area contributed by atoms with Crippen molar-refractivity contribution in [3.8, 4) is 28.2 Å². The third-order valence-electron chi connectivity index (χ3n) is 4.80. The zero-order valence-electron chi connectivity index (χ0n) is 15.9. The van der Waals surface area contributed by atoms with Gasteiger partial charge >= 0.3 is 5.97 Å². The van der Waals surface area contributed by atoms with Crippen LogP contribution >= 0.6 is 0 Å². The average molecular weight is 403 g/mol. The van der Waals surface area contributed by atoms with Crippen LogP contribution in [0.3, 0.4) is 0 Å². The van der Waals surface area contributed by atoms with Gasteiger partial charge in [-0.15, -0.1) is 0 Å². The van der Waals surface area contributed by atoms with Gasteiger partial charge in [-0.1, -0.05) is 0 Å². The molecular weight excluding hydrogens is 386 g/mol. The van der Waals surface area contributed by atoms with E-state index in [1.165, 1.54) is 42.5 Å². The first kappa shape index (κ1) is 19.2. The van der Waals surface area contributed by atoms with Gasteiger partial charge in [0, 0.05) is 40.8 Å². The van der Waals surface area contributed by atoms with Crippen LogP contribution in [-0.4, -0.2) is 28.6 Å². The summed E-state index contributed by atoms with van der Waals surface area (Å²) in [6.45, 7) is 2.22. The molecule has 0 unspecified atom stereocenters. The van der Waals surface area contributed by atoms with Crippen LogP contribution in [0.2, 0.25) is 0 Å². The van der Waals surface area contributed by atoms with Gasteiger partial charge in [0.1, 0.15) is 17.1 Å². The molecule has 2 aromatic rings. The highest BCUT2D eigenvalue weighted by Gasteiger charge is 2.23. The molecule has 7 nitrogen and oxygen atoms in total. The lowest BCUT2D eigenvalue weighted by molar-refractivity contribution is 0.0697. The molecule has 3 N–H and O–H groups in total. The molecule has 1 amide bonds. The zero-order valence-corrected chi connectivity index (χ0v) is 15.9. The molecule has 1 heterocycles. The van der Waals surface area contributed by atoms with Crippen molar-refractivity contribution in [2.45, 2.75) is 6.92 Å². The molecule has 0 saturated heterocycles. The molecule has 4 rings (SSSR count). The first-order valence-corrected chi connectivity index (χ1v) is 9.24. The standard InChI is InChI=1S/C23H17NO6/c1-2-24-22(27)12-3-6-15(23(28)29)18(9-12)21-16-7-4-13(25)10-19(16)30-20-11-14(26)5-8-17(20)21/h3-11,25H,2H2,1H3,(H,24,27)(H,28,29). The molecule has 0 aromatic heterocycles. The lowest BCUT2D eigenvalue weighted by Crippen LogP contribution is -2.22. The van der Waals surface area contributed by atoms with Gasteiger partial charge in [0.15, 0.2) is 5.43 Å². The number of fused-ring (bicyclic) bond motifs is 2. The molecule has 0 spiro atoms. The number of benzene rings is 3. The number of carbonyl (C=O) groups is 2. The molecule has 0 fully saturated rings. The molecule has 0 bridgehead atoms. The molecule has 2 aliphatic rings. The molecule has 7 heteroatoms. The van der Waals surface area contributed by atoms with Crippen LogP contribution in [0.5, 0.6) is 5.75 Å². The summed E-state index contributed by atoms with van der Waals surface area (Å²) in [5.74, 6) is -1.28. The number of rotatable bonds is 4. The van der Waals surface area contributed by atoms with Gasteiger partial charge in [-0.25, -0.2) is 4.79 Å². The fourth-order valence-corrected chi connectivity index (χ4v) is 3.49. The molecule has 150 valence electrons. The highest BCUT2D eigenvalue weighted by Crippen LogP contribution is 2.42. The molecule has 0 atom stereocenters. The van der Waals surface area contributed by atoms with Crippen molar-refractivity contribution in [3.63, 3.8) is 0 Å². The number of phenols is 1. The summed E-state index contributed by atoms with van der Waals surface area (Å²) >= 11 is 0. The van der Waals surface area contributed by atoms with Gasteiger partial charge < -0.3 is 19.9 Å². The Morgan fingerprint density at radius 1 is 1.00 bits per heavy atom. The van der Waals surface area contributed by atoms with Gasteiger partial charge in [-0.05, 0) is 55.0 Å². The van der Waals surface area contributed by atoms with Gasteiger partial charge in [0.2, 0.25) is 0 Å². The molecule has 30 heavy (non-hydrogen) atoms. The summed E-state index contributed by atoms with van der Waals surface area (Å²) in [4.78, 5) is 36.2. The predicted octanol–water partition coefficient (Wildman–Crippen LogP) is 3.72. The number of hydrogen-bond acceptors (Lipinski definition) is 5. The quantitative estimate of drug-likeness (QED) is 0.447. The first-order valence-electron chi connectivity index (χ1n) is 9.24. The second-order valence-corrected chi connectivity index (χ2v) is 6.74. The maximum atomic E-state index is 12.4. The highest BCUT2D eigenvalue weighted by molar-refractivity contribution is 6.09. The summed E-state index contributed by atoms with van der Waals surface area (Å²) in [5, 5.41) is 22.9. The van der Waals surface area contributed by atoms with E-state index in [0.29, 0.717) is 34.2 Å². The number of aromatic carboxylic acids is 1. The molecular formula is C23H17NO6. The van der Waals surface area contributed by atoms with E-state index in [9.17, 15) is 24.6 Å². The first-order chi connectivity index (χ1) is 14.4. The van der Waals surface area contributed by atoms with E-state index in [1.807, 2.05) is 0 Å². The van der Waals surface area contributed by atoms with Crippen LogP contribution in [0.1, 0.15) is 27.6 Å². The Morgan fingerprint density at radius 3 is 2.53 bits per heavy atom. The number of carbonyl (C=O) groups excluding carboxylic acids is 1. The Balaban J connectivity index is 2.14. The minimum atomic E-state index is -1.16. The van der Waals surface area contributed by atoms with E-state index in [2.05, 4.69) is 5.32 Å². The van der Waals surface area contributed by atoms with E-state index >= 15 is 0 Å². The maximum absolute atomic E-state index is 12.4. The normalized spacial score (nSPS) is 11.0. The SMILES string of the molecule is CCNC(=O)c1ccc(C(=O)O)c(-c2c3ccc(=O)cc-3oc3cc(O)ccc23)c1. The Kier molecular flexibility index (Phi) is 4.71. The monoisotopic (exact) mass is 403 g/mol. The van der Waals surface area contributed by atoms with Crippen molar-refractivity contribution >= 4 is 22.8 Å². The van der Waals surface area contributed by atoms with E-state index in [0.717, 1.165) is 0 Å². The summed E-state index contributed by atoms with van der Waals surface area (Å²) in [7, 11) is 0. The number of carboxylic acids is 1. The number of amides is 1. The average Bonchev–Trinajstić information content (AvgIpc) is 2.71. The number of hydrogen-bond donors (Lipinski definition) is 3. The largest absolute Gasteiger partial charge is 0.508 e. The van der Waals surface area contributed by atoms with Gasteiger partial charge in [-0.2, -0.15) is 0 Å². The number of carboxylic acid groups (broad SMARTS) is 1. The predicted molar refractivity (Wildman–Crippen MR) is 111 cm³/mol. The third kappa shape index (κ3) is 3.26. The Labute approximate surface area is 170 Å². The summed E-state index contributed by atoms with van der Waals surface area (Å²) < 4.78 is 5.80. The van der Waals surface area contributed by atoms with Crippen LogP contribution in [0.25, 0.3) is 33.4 Å². The second kappa shape index (κ2) is 7.36. The van der Waals surface area contributed by atoms with E-state index in [-0.39, 0.29) is 34.0 Å². The molecule has 0 saturated carbocycles. The molecule has 1 aliphatic heterocycles. The smallest absolute Gasteiger partial charge is 0.336 e. The Morgan fingerprint density at radius 2 is 1.80 bits per heavy atom. The van der Waals surface area contributed by atoms with E-state index in [1.54, 1.807) is 19.1 Å². The highest BCUT2D eigenvalue weighted by atomic mass is 16.4. The van der Waals surface area contributed by atoms with E-state index in [4.69, 9.17) is 4.42 Å². The summed E-state index contributed by atoms with van der Waals surface area (Å²) in [5.41, 5.74) is 1.63. The Bertz CT molecular complexity index is 1340. The number of aromatic hydroxyl groups is 1. The van der Waals surface area contributed by atoms with Crippen molar-refractivity contribution in [3.05, 3.63) is 75.9 Å². The fourth-order valence-electron chi connectivity index (χ4n) is 3.49. The Hall–Kier alpha value is -4.13.